The molecule has 0 atom stereocenters. The molecule has 5 heteroatoms. The topological polar surface area (TPSA) is 42.4 Å². The van der Waals surface area contributed by atoms with Crippen LogP contribution in [0.5, 0.6) is 0 Å². The van der Waals surface area contributed by atoms with Gasteiger partial charge in [-0.1, -0.05) is 127 Å². The molecule has 0 saturated heterocycles. The van der Waals surface area contributed by atoms with Crippen molar-refractivity contribution in [2.45, 2.75) is 12.8 Å². The van der Waals surface area contributed by atoms with Gasteiger partial charge in [0.2, 0.25) is 0 Å². The molecule has 0 N–H and O–H groups in total. The minimum atomic E-state index is 0.887. The number of nitrogens with zero attached hydrogens (tertiary/aromatic N) is 2. The first-order valence-electron chi connectivity index (χ1n) is 16.3. The van der Waals surface area contributed by atoms with Crippen molar-refractivity contribution in [1.82, 2.24) is 4.98 Å². The van der Waals surface area contributed by atoms with Crippen LogP contribution in [0.25, 0.3) is 71.5 Å². The van der Waals surface area contributed by atoms with E-state index in [0.29, 0.717) is 0 Å². The highest BCUT2D eigenvalue weighted by molar-refractivity contribution is 7.23. The summed E-state index contributed by atoms with van der Waals surface area (Å²) in [5, 5.41) is 4.27. The molecule has 6 aromatic carbocycles. The maximum atomic E-state index is 6.62. The molecule has 4 nitrogen and oxygen atoms in total. The number of anilines is 3. The van der Waals surface area contributed by atoms with Crippen LogP contribution in [0.15, 0.2) is 148 Å². The number of furan rings is 2. The van der Waals surface area contributed by atoms with Crippen LogP contribution in [-0.2, 0) is 6.42 Å². The standard InChI is InChI=1S/C43H28N2O2S/c1-3-13-27(14-4-1)45(28-15-5-2-6-16-28)43-44-39-31(34-21-11-19-32-29-17-7-9-23-37(29)46-40(32)34)25-26-36(42(39)48-43)35-22-12-20-33-30-18-8-10-24-38(30)47-41(33)35/h1-8,10-22,24-26H,9,23H2. The predicted octanol–water partition coefficient (Wildman–Crippen LogP) is 12.7. The van der Waals surface area contributed by atoms with Crippen molar-refractivity contribution in [1.29, 1.82) is 0 Å². The van der Waals surface area contributed by atoms with E-state index in [0.717, 1.165) is 100 Å². The summed E-state index contributed by atoms with van der Waals surface area (Å²) < 4.78 is 14.3. The molecule has 228 valence electrons. The van der Waals surface area contributed by atoms with Crippen LogP contribution >= 0.6 is 11.3 Å². The lowest BCUT2D eigenvalue weighted by Crippen LogP contribution is -2.09. The minimum Gasteiger partial charge on any atom is -0.460 e. The number of aromatic nitrogens is 1. The molecule has 0 amide bonds. The van der Waals surface area contributed by atoms with Crippen molar-refractivity contribution in [3.8, 4) is 22.3 Å². The smallest absolute Gasteiger partial charge is 0.195 e. The van der Waals surface area contributed by atoms with Gasteiger partial charge in [-0.2, -0.15) is 0 Å². The van der Waals surface area contributed by atoms with Crippen molar-refractivity contribution in [2.75, 3.05) is 4.90 Å². The molecule has 0 aliphatic heterocycles. The molecule has 10 rings (SSSR count). The fourth-order valence-electron chi connectivity index (χ4n) is 7.19. The SMILES string of the molecule is C1=Cc2c(oc3c(-c4ccc(-c5cccc6c5oc5ccccc56)c5sc(N(c6ccccc6)c6ccccc6)nc45)cccc23)CC1. The predicted molar refractivity (Wildman–Crippen MR) is 200 cm³/mol. The number of hydrogen-bond donors (Lipinski definition) is 0. The number of fused-ring (bicyclic) bond motifs is 7. The van der Waals surface area contributed by atoms with Crippen LogP contribution in [0.1, 0.15) is 17.7 Å². The van der Waals surface area contributed by atoms with Gasteiger partial charge in [-0.05, 0) is 36.8 Å². The monoisotopic (exact) mass is 636 g/mol. The van der Waals surface area contributed by atoms with Crippen molar-refractivity contribution >= 4 is 77.0 Å². The molecule has 0 unspecified atom stereocenters. The van der Waals surface area contributed by atoms with Gasteiger partial charge in [-0.3, -0.25) is 4.90 Å². The van der Waals surface area contributed by atoms with Crippen LogP contribution in [0.2, 0.25) is 0 Å². The normalized spacial score (nSPS) is 12.8. The van der Waals surface area contributed by atoms with Crippen LogP contribution in [0, 0.1) is 0 Å². The van der Waals surface area contributed by atoms with Crippen molar-refractivity contribution in [3.05, 3.63) is 151 Å². The molecular weight excluding hydrogens is 609 g/mol. The Hall–Kier alpha value is -5.91. The molecule has 48 heavy (non-hydrogen) atoms. The van der Waals surface area contributed by atoms with Crippen LogP contribution in [0.4, 0.5) is 16.5 Å². The Morgan fingerprint density at radius 1 is 0.562 bits per heavy atom. The average molecular weight is 637 g/mol. The van der Waals surface area contributed by atoms with Gasteiger partial charge in [0.05, 0.1) is 10.2 Å². The lowest BCUT2D eigenvalue weighted by Gasteiger charge is -2.22. The van der Waals surface area contributed by atoms with Gasteiger partial charge in [0.25, 0.3) is 0 Å². The summed E-state index contributed by atoms with van der Waals surface area (Å²) in [5.74, 6) is 1.06. The van der Waals surface area contributed by atoms with E-state index < -0.39 is 0 Å². The summed E-state index contributed by atoms with van der Waals surface area (Å²) in [4.78, 5) is 7.75. The second-order valence-corrected chi connectivity index (χ2v) is 13.2. The minimum absolute atomic E-state index is 0.887. The van der Waals surface area contributed by atoms with Gasteiger partial charge < -0.3 is 8.83 Å². The first-order chi connectivity index (χ1) is 23.8. The second-order valence-electron chi connectivity index (χ2n) is 12.2. The van der Waals surface area contributed by atoms with E-state index in [1.54, 1.807) is 11.3 Å². The van der Waals surface area contributed by atoms with Gasteiger partial charge in [-0.15, -0.1) is 0 Å². The molecule has 3 heterocycles. The summed E-state index contributed by atoms with van der Waals surface area (Å²) in [7, 11) is 0. The maximum Gasteiger partial charge on any atom is 0.195 e. The summed E-state index contributed by atoms with van der Waals surface area (Å²) in [6.07, 6.45) is 6.36. The van der Waals surface area contributed by atoms with E-state index in [-0.39, 0.29) is 0 Å². The zero-order chi connectivity index (χ0) is 31.6. The summed E-state index contributed by atoms with van der Waals surface area (Å²) in [6.45, 7) is 0. The highest BCUT2D eigenvalue weighted by atomic mass is 32.1. The number of aryl methyl sites for hydroxylation is 1. The Morgan fingerprint density at radius 2 is 1.21 bits per heavy atom. The van der Waals surface area contributed by atoms with Crippen LogP contribution < -0.4 is 4.90 Å². The van der Waals surface area contributed by atoms with Crippen LogP contribution in [-0.4, -0.2) is 4.98 Å². The number of benzene rings is 6. The quantitative estimate of drug-likeness (QED) is 0.188. The van der Waals surface area contributed by atoms with E-state index in [2.05, 4.69) is 126 Å². The Labute approximate surface area is 280 Å². The van der Waals surface area contributed by atoms with Gasteiger partial charge in [0, 0.05) is 61.8 Å². The highest BCUT2D eigenvalue weighted by Crippen LogP contribution is 2.48. The van der Waals surface area contributed by atoms with Gasteiger partial charge in [-0.25, -0.2) is 4.98 Å². The molecule has 1 aliphatic rings. The Bertz CT molecular complexity index is 2640. The van der Waals surface area contributed by atoms with Gasteiger partial charge in [0.1, 0.15) is 22.5 Å². The molecule has 0 radical (unpaired) electrons. The third kappa shape index (κ3) is 4.18. The molecule has 0 saturated carbocycles. The van der Waals surface area contributed by atoms with E-state index >= 15 is 0 Å². The van der Waals surface area contributed by atoms with E-state index in [1.165, 1.54) is 5.56 Å². The largest absolute Gasteiger partial charge is 0.460 e. The number of allylic oxidation sites excluding steroid dienone is 1. The van der Waals surface area contributed by atoms with E-state index in [1.807, 2.05) is 24.3 Å². The number of para-hydroxylation sites is 5. The second kappa shape index (κ2) is 10.8. The molecule has 9 aromatic rings. The fraction of sp³-hybridized carbons (Fsp3) is 0.0465. The molecule has 3 aromatic heterocycles. The molecular formula is C43H28N2O2S. The summed E-state index contributed by atoms with van der Waals surface area (Å²) in [6, 6.07) is 46.6. The third-order valence-electron chi connectivity index (χ3n) is 9.39. The Morgan fingerprint density at radius 3 is 2.00 bits per heavy atom. The number of hydrogen-bond acceptors (Lipinski definition) is 5. The third-order valence-corrected chi connectivity index (χ3v) is 10.5. The molecule has 0 spiro atoms. The lowest BCUT2D eigenvalue weighted by molar-refractivity contribution is 0.547. The first kappa shape index (κ1) is 27.2. The number of rotatable bonds is 5. The van der Waals surface area contributed by atoms with E-state index in [9.17, 15) is 0 Å². The fourth-order valence-corrected chi connectivity index (χ4v) is 8.35. The summed E-state index contributed by atoms with van der Waals surface area (Å²) in [5.41, 5.74) is 11.2. The Balaban J connectivity index is 1.27. The van der Waals surface area contributed by atoms with Gasteiger partial charge >= 0.3 is 0 Å². The molecule has 1 aliphatic carbocycles. The van der Waals surface area contributed by atoms with Crippen molar-refractivity contribution < 1.29 is 8.83 Å². The zero-order valence-electron chi connectivity index (χ0n) is 25.9. The first-order valence-corrected chi connectivity index (χ1v) is 17.1. The lowest BCUT2D eigenvalue weighted by atomic mass is 9.96. The summed E-state index contributed by atoms with van der Waals surface area (Å²) >= 11 is 1.70. The Kier molecular flexibility index (Phi) is 6.14. The van der Waals surface area contributed by atoms with Crippen molar-refractivity contribution in [2.24, 2.45) is 0 Å². The zero-order valence-corrected chi connectivity index (χ0v) is 26.7. The van der Waals surface area contributed by atoms with Gasteiger partial charge in [0.15, 0.2) is 5.13 Å². The molecule has 0 fully saturated rings. The van der Waals surface area contributed by atoms with Crippen molar-refractivity contribution in [3.63, 3.8) is 0 Å². The highest BCUT2D eigenvalue weighted by Gasteiger charge is 2.24. The maximum absolute atomic E-state index is 6.62. The van der Waals surface area contributed by atoms with Crippen LogP contribution in [0.3, 0.4) is 0 Å². The average Bonchev–Trinajstić information content (AvgIpc) is 3.86. The number of thiazole rings is 1. The molecule has 0 bridgehead atoms. The van der Waals surface area contributed by atoms with E-state index in [4.69, 9.17) is 13.8 Å².